The topological polar surface area (TPSA) is 294 Å². The Morgan fingerprint density at radius 2 is 1.72 bits per heavy atom. The van der Waals surface area contributed by atoms with Crippen LogP contribution in [-0.4, -0.2) is 115 Å². The van der Waals surface area contributed by atoms with Crippen molar-refractivity contribution >= 4 is 54.1 Å². The van der Waals surface area contributed by atoms with Gasteiger partial charge >= 0.3 is 0 Å². The molecule has 0 saturated carbocycles. The molecule has 0 bridgehead atoms. The second-order valence-electron chi connectivity index (χ2n) is 8.77. The van der Waals surface area contributed by atoms with Gasteiger partial charge in [0, 0.05) is 12.5 Å². The molecule has 0 aromatic carbocycles. The Morgan fingerprint density at radius 3 is 2.26 bits per heavy atom. The van der Waals surface area contributed by atoms with Gasteiger partial charge in [0.05, 0.1) is 30.1 Å². The van der Waals surface area contributed by atoms with Crippen LogP contribution in [0, 0.1) is 0 Å². The number of nitrogens with two attached hydrogens (primary N) is 2. The average molecular weight is 617 g/mol. The Bertz CT molecular complexity index is 1290. The van der Waals surface area contributed by atoms with E-state index in [1.54, 1.807) is 0 Å². The van der Waals surface area contributed by atoms with Crippen LogP contribution < -0.4 is 16.6 Å². The summed E-state index contributed by atoms with van der Waals surface area (Å²) in [4.78, 5) is 22.8. The van der Waals surface area contributed by atoms with Gasteiger partial charge in [-0.15, -0.1) is 0 Å². The molecule has 0 amide bonds. The molecule has 1 aliphatic heterocycles. The zero-order valence-corrected chi connectivity index (χ0v) is 23.3. The second-order valence-corrected chi connectivity index (χ2v) is 14.2. The number of nitrogen functional groups attached to an aromatic ring is 1. The van der Waals surface area contributed by atoms with E-state index in [0.29, 0.717) is 22.7 Å². The summed E-state index contributed by atoms with van der Waals surface area (Å²) in [5, 5.41) is 31.5. The summed E-state index contributed by atoms with van der Waals surface area (Å²) in [6.07, 6.45) is 1.19. The van der Waals surface area contributed by atoms with E-state index in [-0.39, 0.29) is 36.0 Å². The van der Waals surface area contributed by atoms with Gasteiger partial charge in [-0.25, -0.2) is 15.0 Å². The third-order valence-corrected chi connectivity index (χ3v) is 9.02. The number of carboxylic acids is 1. The SMILES string of the molecule is C[S+](CC[C@H](N)C(=O)[O-])C[C@H]1O[C@@H](n2cnc3c(N)ncnc32)[C@H](O)[C@@H]1O.O=S(=O)(O)CCCCS(=O)(=O)O. The number of ether oxygens (including phenoxy) is 1. The number of aliphatic carboxylic acids is 1. The first-order valence-corrected chi connectivity index (χ1v) is 16.6. The van der Waals surface area contributed by atoms with Crippen LogP contribution in [0.3, 0.4) is 0 Å². The van der Waals surface area contributed by atoms with Crippen molar-refractivity contribution in [3.63, 3.8) is 0 Å². The number of aromatic nitrogens is 4. The van der Waals surface area contributed by atoms with Crippen LogP contribution in [0.15, 0.2) is 12.7 Å². The van der Waals surface area contributed by atoms with Crippen LogP contribution in [0.4, 0.5) is 5.82 Å². The molecule has 0 aliphatic carbocycles. The van der Waals surface area contributed by atoms with Gasteiger partial charge in [-0.2, -0.15) is 16.8 Å². The number of fused-ring (bicyclic) bond motifs is 1. The van der Waals surface area contributed by atoms with Gasteiger partial charge in [-0.1, -0.05) is 0 Å². The molecule has 3 heterocycles. The Kier molecular flexibility index (Phi) is 11.8. The molecule has 1 fully saturated rings. The third kappa shape index (κ3) is 10.4. The van der Waals surface area contributed by atoms with Crippen LogP contribution in [-0.2, 0) is 40.7 Å². The van der Waals surface area contributed by atoms with Crippen molar-refractivity contribution in [3.8, 4) is 0 Å². The molecule has 2 aromatic heterocycles. The van der Waals surface area contributed by atoms with E-state index < -0.39 is 68.3 Å². The predicted molar refractivity (Wildman–Crippen MR) is 138 cm³/mol. The van der Waals surface area contributed by atoms with Crippen molar-refractivity contribution in [2.75, 3.05) is 35.0 Å². The second kappa shape index (κ2) is 13.9. The number of carbonyl (C=O) groups is 1. The van der Waals surface area contributed by atoms with Crippen LogP contribution in [0.5, 0.6) is 0 Å². The highest BCUT2D eigenvalue weighted by molar-refractivity contribution is 7.96. The van der Waals surface area contributed by atoms with Crippen molar-refractivity contribution in [2.24, 2.45) is 5.73 Å². The standard InChI is InChI=1S/C15H22N6O5S.C4H10O6S2/c1-27(3-2-7(16)15(24)25)4-8-10(22)11(23)14(26-8)21-6-20-9-12(17)18-5-19-13(9)21;5-11(6,7)3-1-2-4-12(8,9)10/h5-8,10-11,14,22-23H,2-4,16H2,1H3,(H2-,17,18,19,24,25);1-4H2,(H,5,6,7)(H,8,9,10)/t7-,8+,10+,11+,14+,27?;/m0./s1. The molecule has 1 unspecified atom stereocenters. The normalized spacial score (nSPS) is 23.2. The maximum absolute atomic E-state index is 10.7. The van der Waals surface area contributed by atoms with Gasteiger partial charge < -0.3 is 36.3 Å². The number of carbonyl (C=O) groups excluding carboxylic acids is 1. The number of imidazole rings is 1. The summed E-state index contributed by atoms with van der Waals surface area (Å²) in [6, 6.07) is -1.02. The van der Waals surface area contributed by atoms with Crippen molar-refractivity contribution in [1.82, 2.24) is 19.5 Å². The lowest BCUT2D eigenvalue weighted by molar-refractivity contribution is -0.307. The van der Waals surface area contributed by atoms with Crippen molar-refractivity contribution in [2.45, 2.75) is 49.8 Å². The maximum Gasteiger partial charge on any atom is 0.264 e. The highest BCUT2D eigenvalue weighted by atomic mass is 32.2. The first kappa shape index (κ1) is 33.0. The van der Waals surface area contributed by atoms with Crippen molar-refractivity contribution in [1.29, 1.82) is 0 Å². The molecule has 0 spiro atoms. The van der Waals surface area contributed by atoms with Gasteiger partial charge in [0.25, 0.3) is 20.2 Å². The fraction of sp³-hybridized carbons (Fsp3) is 0.684. The molecule has 1 aliphatic rings. The number of aliphatic hydroxyl groups is 2. The van der Waals surface area contributed by atoms with Crippen LogP contribution >= 0.6 is 0 Å². The number of nitrogens with zero attached hydrogens (tertiary/aromatic N) is 4. The maximum atomic E-state index is 10.7. The smallest absolute Gasteiger partial charge is 0.264 e. The average Bonchev–Trinajstić information content (AvgIpc) is 3.37. The molecule has 39 heavy (non-hydrogen) atoms. The van der Waals surface area contributed by atoms with E-state index in [4.69, 9.17) is 25.3 Å². The van der Waals surface area contributed by atoms with Crippen molar-refractivity contribution in [3.05, 3.63) is 12.7 Å². The number of hydrogen-bond acceptors (Lipinski definition) is 14. The molecule has 222 valence electrons. The van der Waals surface area contributed by atoms with Gasteiger partial charge in [-0.05, 0) is 23.7 Å². The summed E-state index contributed by atoms with van der Waals surface area (Å²) in [5.74, 6) is -1.03. The minimum absolute atomic E-state index is 0.0125. The highest BCUT2D eigenvalue weighted by Gasteiger charge is 2.46. The summed E-state index contributed by atoms with van der Waals surface area (Å²) in [6.45, 7) is 0. The highest BCUT2D eigenvalue weighted by Crippen LogP contribution is 2.32. The van der Waals surface area contributed by atoms with E-state index >= 15 is 0 Å². The molecule has 1 saturated heterocycles. The zero-order valence-electron chi connectivity index (χ0n) is 20.8. The lowest BCUT2D eigenvalue weighted by Gasteiger charge is -2.16. The number of carboxylic acid groups (broad SMARTS) is 1. The van der Waals surface area contributed by atoms with Gasteiger partial charge in [-0.3, -0.25) is 13.7 Å². The van der Waals surface area contributed by atoms with E-state index in [2.05, 4.69) is 15.0 Å². The Labute approximate surface area is 227 Å². The zero-order chi connectivity index (χ0) is 29.5. The summed E-state index contributed by atoms with van der Waals surface area (Å²) < 4.78 is 64.2. The quantitative estimate of drug-likeness (QED) is 0.0759. The Balaban J connectivity index is 0.000000377. The molecular weight excluding hydrogens is 584 g/mol. The minimum Gasteiger partial charge on any atom is -0.548 e. The number of anilines is 1. The predicted octanol–water partition coefficient (Wildman–Crippen LogP) is -3.71. The molecular formula is C19H32N6O11S3. The van der Waals surface area contributed by atoms with Gasteiger partial charge in [0.1, 0.15) is 41.7 Å². The van der Waals surface area contributed by atoms with E-state index in [0.717, 1.165) is 0 Å². The van der Waals surface area contributed by atoms with Crippen molar-refractivity contribution < 1.29 is 50.8 Å². The molecule has 8 N–H and O–H groups in total. The van der Waals surface area contributed by atoms with Gasteiger partial charge in [0.15, 0.2) is 17.7 Å². The molecule has 17 nitrogen and oxygen atoms in total. The summed E-state index contributed by atoms with van der Waals surface area (Å²) >= 11 is 0. The summed E-state index contributed by atoms with van der Waals surface area (Å²) in [7, 11) is -8.30. The molecule has 2 aromatic rings. The molecule has 20 heteroatoms. The van der Waals surface area contributed by atoms with Crippen LogP contribution in [0.2, 0.25) is 0 Å². The Morgan fingerprint density at radius 1 is 1.13 bits per heavy atom. The van der Waals surface area contributed by atoms with E-state index in [1.165, 1.54) is 17.2 Å². The number of rotatable bonds is 12. The largest absolute Gasteiger partial charge is 0.548 e. The van der Waals surface area contributed by atoms with Gasteiger partial charge in [0.2, 0.25) is 0 Å². The number of unbranched alkanes of at least 4 members (excludes halogenated alkanes) is 1. The first-order valence-electron chi connectivity index (χ1n) is 11.4. The monoisotopic (exact) mass is 616 g/mol. The first-order chi connectivity index (χ1) is 18.0. The summed E-state index contributed by atoms with van der Waals surface area (Å²) in [5.41, 5.74) is 12.0. The minimum atomic E-state index is -4.02. The number of aliphatic hydroxyl groups excluding tert-OH is 2. The van der Waals surface area contributed by atoms with E-state index in [1.807, 2.05) is 6.26 Å². The lowest BCUT2D eigenvalue weighted by Crippen LogP contribution is -2.43. The fourth-order valence-corrected chi connectivity index (χ4v) is 6.33. The van der Waals surface area contributed by atoms with Crippen LogP contribution in [0.25, 0.3) is 11.2 Å². The lowest BCUT2D eigenvalue weighted by atomic mass is 10.1. The van der Waals surface area contributed by atoms with Crippen LogP contribution in [0.1, 0.15) is 25.5 Å². The molecule has 3 rings (SSSR count). The molecule has 0 radical (unpaired) electrons. The fourth-order valence-electron chi connectivity index (χ4n) is 3.53. The van der Waals surface area contributed by atoms with E-state index in [9.17, 15) is 36.9 Å². The Hall–Kier alpha value is -2.17. The molecule has 6 atom stereocenters. The number of hydrogen-bond donors (Lipinski definition) is 6. The third-order valence-electron chi connectivity index (χ3n) is 5.58.